The molecule has 0 saturated heterocycles. The van der Waals surface area contributed by atoms with E-state index in [2.05, 4.69) is 0 Å². The highest BCUT2D eigenvalue weighted by atomic mass is 19.1. The Morgan fingerprint density at radius 2 is 2.00 bits per heavy atom. The normalized spacial score (nSPS) is 15.3. The van der Waals surface area contributed by atoms with Gasteiger partial charge in [-0.1, -0.05) is 32.6 Å². The molecule has 2 atom stereocenters. The van der Waals surface area contributed by atoms with Gasteiger partial charge in [-0.05, 0) is 6.42 Å². The summed E-state index contributed by atoms with van der Waals surface area (Å²) in [5.74, 6) is -1.58. The Balaban J connectivity index is 3.50. The van der Waals surface area contributed by atoms with Crippen molar-refractivity contribution in [3.8, 4) is 0 Å². The van der Waals surface area contributed by atoms with Gasteiger partial charge in [-0.3, -0.25) is 0 Å². The summed E-state index contributed by atoms with van der Waals surface area (Å²) in [6.07, 6.45) is 0.442. The van der Waals surface area contributed by atoms with Crippen molar-refractivity contribution < 1.29 is 19.4 Å². The summed E-state index contributed by atoms with van der Waals surface area (Å²) < 4.78 is 12.6. The van der Waals surface area contributed by atoms with Crippen molar-refractivity contribution in [3.63, 3.8) is 0 Å². The number of hydrogen-bond acceptors (Lipinski definition) is 2. The number of carboxylic acid groups (broad SMARTS) is 1. The molecular formula is C9H17FO3. The molecule has 78 valence electrons. The molecule has 0 aromatic heterocycles. The fourth-order valence-electron chi connectivity index (χ4n) is 1.09. The molecule has 0 bridgehead atoms. The number of aliphatic hydroxyl groups is 1. The van der Waals surface area contributed by atoms with Crippen LogP contribution >= 0.6 is 0 Å². The van der Waals surface area contributed by atoms with E-state index in [9.17, 15) is 9.18 Å². The monoisotopic (exact) mass is 192 g/mol. The number of halogens is 1. The second-order valence-electron chi connectivity index (χ2n) is 3.16. The number of rotatable bonds is 7. The van der Waals surface area contributed by atoms with E-state index in [0.717, 1.165) is 19.3 Å². The minimum absolute atomic E-state index is 0.230. The first kappa shape index (κ1) is 12.4. The lowest BCUT2D eigenvalue weighted by molar-refractivity contribution is -0.147. The van der Waals surface area contributed by atoms with Gasteiger partial charge in [-0.15, -0.1) is 0 Å². The molecule has 0 aromatic rings. The van der Waals surface area contributed by atoms with Crippen LogP contribution in [-0.2, 0) is 4.79 Å². The van der Waals surface area contributed by atoms with Crippen LogP contribution in [0.15, 0.2) is 0 Å². The standard InChI is InChI=1S/C9H17FO3/c1-2-3-4-5-6-7(11)8(10)9(12)13/h7-8,11H,2-6H2,1H3,(H,12,13). The van der Waals surface area contributed by atoms with Crippen molar-refractivity contribution in [2.75, 3.05) is 0 Å². The number of aliphatic hydroxyl groups excluding tert-OH is 1. The zero-order valence-electron chi connectivity index (χ0n) is 7.87. The molecule has 0 spiro atoms. The lowest BCUT2D eigenvalue weighted by Gasteiger charge is -2.11. The predicted molar refractivity (Wildman–Crippen MR) is 47.3 cm³/mol. The van der Waals surface area contributed by atoms with Crippen molar-refractivity contribution in [2.24, 2.45) is 0 Å². The summed E-state index contributed by atoms with van der Waals surface area (Å²) in [5, 5.41) is 17.3. The Morgan fingerprint density at radius 1 is 1.38 bits per heavy atom. The third-order valence-electron chi connectivity index (χ3n) is 1.93. The maximum atomic E-state index is 12.6. The van der Waals surface area contributed by atoms with Crippen LogP contribution in [0.4, 0.5) is 4.39 Å². The van der Waals surface area contributed by atoms with Crippen LogP contribution in [0.3, 0.4) is 0 Å². The molecule has 3 nitrogen and oxygen atoms in total. The fourth-order valence-corrected chi connectivity index (χ4v) is 1.09. The average molecular weight is 192 g/mol. The largest absolute Gasteiger partial charge is 0.479 e. The molecular weight excluding hydrogens is 175 g/mol. The van der Waals surface area contributed by atoms with Gasteiger partial charge in [0.25, 0.3) is 0 Å². The Morgan fingerprint density at radius 3 is 2.46 bits per heavy atom. The maximum absolute atomic E-state index is 12.6. The molecule has 0 aliphatic carbocycles. The summed E-state index contributed by atoms with van der Waals surface area (Å²) in [6, 6.07) is 0. The van der Waals surface area contributed by atoms with Gasteiger partial charge in [-0.25, -0.2) is 9.18 Å². The van der Waals surface area contributed by atoms with Crippen LogP contribution in [0, 0.1) is 0 Å². The van der Waals surface area contributed by atoms with Crippen LogP contribution in [0.2, 0.25) is 0 Å². The van der Waals surface area contributed by atoms with E-state index in [1.54, 1.807) is 0 Å². The number of carbonyl (C=O) groups is 1. The van der Waals surface area contributed by atoms with Gasteiger partial charge >= 0.3 is 5.97 Å². The Labute approximate surface area is 77.6 Å². The summed E-state index contributed by atoms with van der Waals surface area (Å²) in [7, 11) is 0. The summed E-state index contributed by atoms with van der Waals surface area (Å²) in [4.78, 5) is 10.1. The van der Waals surface area contributed by atoms with Gasteiger partial charge in [-0.2, -0.15) is 0 Å². The summed E-state index contributed by atoms with van der Waals surface area (Å²) >= 11 is 0. The van der Waals surface area contributed by atoms with Crippen molar-refractivity contribution in [3.05, 3.63) is 0 Å². The molecule has 0 aliphatic heterocycles. The molecule has 0 fully saturated rings. The summed E-state index contributed by atoms with van der Waals surface area (Å²) in [5.41, 5.74) is 0. The zero-order valence-corrected chi connectivity index (χ0v) is 7.87. The van der Waals surface area contributed by atoms with Crippen LogP contribution in [0.25, 0.3) is 0 Å². The van der Waals surface area contributed by atoms with Gasteiger partial charge < -0.3 is 10.2 Å². The van der Waals surface area contributed by atoms with Crippen molar-refractivity contribution in [1.82, 2.24) is 0 Å². The Kier molecular flexibility index (Phi) is 6.49. The fraction of sp³-hybridized carbons (Fsp3) is 0.889. The molecule has 4 heteroatoms. The van der Waals surface area contributed by atoms with Crippen molar-refractivity contribution in [2.45, 2.75) is 51.3 Å². The number of unbranched alkanes of at least 4 members (excludes halogenated alkanes) is 3. The van der Waals surface area contributed by atoms with Crippen LogP contribution in [0.5, 0.6) is 0 Å². The quantitative estimate of drug-likeness (QED) is 0.604. The third-order valence-corrected chi connectivity index (χ3v) is 1.93. The molecule has 0 amide bonds. The lowest BCUT2D eigenvalue weighted by atomic mass is 10.1. The Hall–Kier alpha value is -0.640. The van der Waals surface area contributed by atoms with E-state index in [4.69, 9.17) is 10.2 Å². The SMILES string of the molecule is CCCCCCC(O)C(F)C(=O)O. The molecule has 0 aromatic carbocycles. The minimum atomic E-state index is -2.14. The third kappa shape index (κ3) is 5.58. The van der Waals surface area contributed by atoms with E-state index < -0.39 is 18.2 Å². The van der Waals surface area contributed by atoms with Crippen LogP contribution in [0.1, 0.15) is 39.0 Å². The number of carboxylic acids is 1. The van der Waals surface area contributed by atoms with E-state index in [1.807, 2.05) is 6.92 Å². The lowest BCUT2D eigenvalue weighted by Crippen LogP contribution is -2.29. The van der Waals surface area contributed by atoms with Crippen LogP contribution in [-0.4, -0.2) is 28.5 Å². The first-order valence-electron chi connectivity index (χ1n) is 4.64. The van der Waals surface area contributed by atoms with Crippen LogP contribution < -0.4 is 0 Å². The molecule has 2 N–H and O–H groups in total. The predicted octanol–water partition coefficient (Wildman–Crippen LogP) is 1.74. The van der Waals surface area contributed by atoms with Crippen molar-refractivity contribution in [1.29, 1.82) is 0 Å². The highest BCUT2D eigenvalue weighted by Crippen LogP contribution is 2.10. The minimum Gasteiger partial charge on any atom is -0.479 e. The first-order valence-corrected chi connectivity index (χ1v) is 4.64. The highest BCUT2D eigenvalue weighted by molar-refractivity contribution is 5.72. The van der Waals surface area contributed by atoms with Gasteiger partial charge in [0.2, 0.25) is 6.17 Å². The highest BCUT2D eigenvalue weighted by Gasteiger charge is 2.24. The van der Waals surface area contributed by atoms with Gasteiger partial charge in [0, 0.05) is 0 Å². The van der Waals surface area contributed by atoms with Crippen molar-refractivity contribution >= 4 is 5.97 Å². The summed E-state index contributed by atoms with van der Waals surface area (Å²) in [6.45, 7) is 2.05. The topological polar surface area (TPSA) is 57.5 Å². The average Bonchev–Trinajstić information content (AvgIpc) is 2.10. The second kappa shape index (κ2) is 6.83. The van der Waals surface area contributed by atoms with Gasteiger partial charge in [0.05, 0.1) is 6.10 Å². The number of aliphatic carboxylic acids is 1. The van der Waals surface area contributed by atoms with E-state index >= 15 is 0 Å². The van der Waals surface area contributed by atoms with E-state index in [1.165, 1.54) is 0 Å². The number of hydrogen-bond donors (Lipinski definition) is 2. The van der Waals surface area contributed by atoms with E-state index in [0.29, 0.717) is 6.42 Å². The first-order chi connectivity index (χ1) is 6.09. The zero-order chi connectivity index (χ0) is 10.3. The molecule has 0 heterocycles. The number of alkyl halides is 1. The molecule has 0 radical (unpaired) electrons. The maximum Gasteiger partial charge on any atom is 0.341 e. The van der Waals surface area contributed by atoms with E-state index in [-0.39, 0.29) is 6.42 Å². The second-order valence-corrected chi connectivity index (χ2v) is 3.16. The molecule has 13 heavy (non-hydrogen) atoms. The smallest absolute Gasteiger partial charge is 0.341 e. The van der Waals surface area contributed by atoms with Gasteiger partial charge in [0.15, 0.2) is 0 Å². The molecule has 2 unspecified atom stereocenters. The molecule has 0 saturated carbocycles. The molecule has 0 aliphatic rings. The van der Waals surface area contributed by atoms with Gasteiger partial charge in [0.1, 0.15) is 0 Å². The molecule has 0 rings (SSSR count). The Bertz CT molecular complexity index is 150.